The fourth-order valence-electron chi connectivity index (χ4n) is 3.18. The SMILES string of the molecule is CCc1ccccc1NC(=O)N[C@@H](C)c1c(-n2cccc2)sc(C)c1C. The lowest BCUT2D eigenvalue weighted by atomic mass is 10.1. The molecule has 3 aromatic rings. The van der Waals surface area contributed by atoms with Crippen molar-refractivity contribution in [2.24, 2.45) is 0 Å². The molecule has 2 amide bonds. The third-order valence-corrected chi connectivity index (χ3v) is 5.91. The minimum Gasteiger partial charge on any atom is -0.331 e. The molecule has 0 spiro atoms. The van der Waals surface area contributed by atoms with Crippen molar-refractivity contribution >= 4 is 23.1 Å². The Bertz CT molecular complexity index is 896. The summed E-state index contributed by atoms with van der Waals surface area (Å²) in [6.07, 6.45) is 4.96. The molecule has 0 saturated carbocycles. The highest BCUT2D eigenvalue weighted by molar-refractivity contribution is 7.14. The highest BCUT2D eigenvalue weighted by Gasteiger charge is 2.21. The Balaban J connectivity index is 1.80. The number of aromatic nitrogens is 1. The molecule has 26 heavy (non-hydrogen) atoms. The maximum atomic E-state index is 12.6. The number of hydrogen-bond donors (Lipinski definition) is 2. The number of aryl methyl sites for hydroxylation is 2. The molecule has 136 valence electrons. The molecular weight excluding hydrogens is 342 g/mol. The molecule has 0 saturated heterocycles. The van der Waals surface area contributed by atoms with E-state index in [9.17, 15) is 4.79 Å². The lowest BCUT2D eigenvalue weighted by molar-refractivity contribution is 0.249. The van der Waals surface area contributed by atoms with Crippen LogP contribution in [0.5, 0.6) is 0 Å². The van der Waals surface area contributed by atoms with Gasteiger partial charge in [-0.3, -0.25) is 0 Å². The van der Waals surface area contributed by atoms with Gasteiger partial charge in [0, 0.05) is 28.5 Å². The fourth-order valence-corrected chi connectivity index (χ4v) is 4.40. The monoisotopic (exact) mass is 367 g/mol. The van der Waals surface area contributed by atoms with Crippen LogP contribution in [-0.2, 0) is 6.42 Å². The van der Waals surface area contributed by atoms with Crippen LogP contribution in [0.25, 0.3) is 5.00 Å². The smallest absolute Gasteiger partial charge is 0.319 e. The predicted octanol–water partition coefficient (Wildman–Crippen LogP) is 5.60. The molecule has 2 aromatic heterocycles. The Morgan fingerprint density at radius 3 is 2.54 bits per heavy atom. The van der Waals surface area contributed by atoms with E-state index in [4.69, 9.17) is 0 Å². The second-order valence-electron chi connectivity index (χ2n) is 6.42. The van der Waals surface area contributed by atoms with Crippen molar-refractivity contribution in [3.05, 3.63) is 70.4 Å². The molecule has 1 aromatic carbocycles. The summed E-state index contributed by atoms with van der Waals surface area (Å²) in [5.74, 6) is 0. The Kier molecular flexibility index (Phi) is 5.47. The zero-order valence-electron chi connectivity index (χ0n) is 15.7. The lowest BCUT2D eigenvalue weighted by Gasteiger charge is -2.18. The Hall–Kier alpha value is -2.53. The van der Waals surface area contributed by atoms with E-state index in [1.165, 1.54) is 16.0 Å². The van der Waals surface area contributed by atoms with E-state index in [0.717, 1.165) is 22.7 Å². The van der Waals surface area contributed by atoms with Crippen molar-refractivity contribution in [3.63, 3.8) is 0 Å². The second kappa shape index (κ2) is 7.79. The summed E-state index contributed by atoms with van der Waals surface area (Å²) >= 11 is 1.76. The van der Waals surface area contributed by atoms with E-state index in [-0.39, 0.29) is 12.1 Å². The fraction of sp³-hybridized carbons (Fsp3) is 0.286. The Labute approximate surface area is 158 Å². The van der Waals surface area contributed by atoms with Crippen LogP contribution in [0, 0.1) is 13.8 Å². The predicted molar refractivity (Wildman–Crippen MR) is 110 cm³/mol. The lowest BCUT2D eigenvalue weighted by Crippen LogP contribution is -2.32. The van der Waals surface area contributed by atoms with E-state index in [2.05, 4.69) is 36.0 Å². The average Bonchev–Trinajstić information content (AvgIpc) is 3.24. The van der Waals surface area contributed by atoms with Crippen molar-refractivity contribution in [2.45, 2.75) is 40.2 Å². The largest absolute Gasteiger partial charge is 0.331 e. The molecule has 3 rings (SSSR count). The summed E-state index contributed by atoms with van der Waals surface area (Å²) in [6, 6.07) is 11.7. The summed E-state index contributed by atoms with van der Waals surface area (Å²) < 4.78 is 2.11. The molecule has 4 nitrogen and oxygen atoms in total. The number of carbonyl (C=O) groups is 1. The minimum atomic E-state index is -0.180. The standard InChI is InChI=1S/C21H25N3OS/c1-5-17-10-6-7-11-18(17)23-21(25)22-15(3)19-14(2)16(4)26-20(19)24-12-8-9-13-24/h6-13,15H,5H2,1-4H3,(H2,22,23,25)/t15-/m0/s1. The normalized spacial score (nSPS) is 12.0. The van der Waals surface area contributed by atoms with Crippen molar-refractivity contribution in [3.8, 4) is 5.00 Å². The number of carbonyl (C=O) groups excluding carboxylic acids is 1. The molecule has 0 aliphatic heterocycles. The number of amides is 2. The van der Waals surface area contributed by atoms with E-state index < -0.39 is 0 Å². The number of urea groups is 1. The molecule has 0 aliphatic rings. The highest BCUT2D eigenvalue weighted by Crippen LogP contribution is 2.35. The van der Waals surface area contributed by atoms with Gasteiger partial charge in [-0.05, 0) is 56.5 Å². The van der Waals surface area contributed by atoms with Gasteiger partial charge in [0.05, 0.1) is 6.04 Å². The molecule has 1 atom stereocenters. The van der Waals surface area contributed by atoms with Gasteiger partial charge in [0.1, 0.15) is 5.00 Å². The molecule has 2 heterocycles. The molecule has 0 aliphatic carbocycles. The van der Waals surface area contributed by atoms with Gasteiger partial charge >= 0.3 is 6.03 Å². The Morgan fingerprint density at radius 1 is 1.15 bits per heavy atom. The van der Waals surface area contributed by atoms with Crippen LogP contribution in [0.2, 0.25) is 0 Å². The number of benzene rings is 1. The van der Waals surface area contributed by atoms with Crippen LogP contribution >= 0.6 is 11.3 Å². The zero-order chi connectivity index (χ0) is 18.7. The quantitative estimate of drug-likeness (QED) is 0.606. The van der Waals surface area contributed by atoms with Crippen molar-refractivity contribution in [1.29, 1.82) is 0 Å². The first-order valence-corrected chi connectivity index (χ1v) is 9.71. The number of rotatable bonds is 5. The first kappa shape index (κ1) is 18.3. The first-order valence-electron chi connectivity index (χ1n) is 8.90. The van der Waals surface area contributed by atoms with Crippen LogP contribution in [0.3, 0.4) is 0 Å². The number of nitrogens with zero attached hydrogens (tertiary/aromatic N) is 1. The van der Waals surface area contributed by atoms with Crippen molar-refractivity contribution in [2.75, 3.05) is 5.32 Å². The van der Waals surface area contributed by atoms with Crippen LogP contribution in [0.15, 0.2) is 48.8 Å². The van der Waals surface area contributed by atoms with E-state index in [1.807, 2.05) is 55.7 Å². The molecule has 0 fully saturated rings. The van der Waals surface area contributed by atoms with Crippen molar-refractivity contribution < 1.29 is 4.79 Å². The summed E-state index contributed by atoms with van der Waals surface area (Å²) in [4.78, 5) is 13.8. The van der Waals surface area contributed by atoms with Gasteiger partial charge in [-0.25, -0.2) is 4.79 Å². The maximum Gasteiger partial charge on any atom is 0.319 e. The zero-order valence-corrected chi connectivity index (χ0v) is 16.5. The van der Waals surface area contributed by atoms with Gasteiger partial charge in [-0.2, -0.15) is 0 Å². The molecule has 0 unspecified atom stereocenters. The van der Waals surface area contributed by atoms with E-state index >= 15 is 0 Å². The van der Waals surface area contributed by atoms with Crippen LogP contribution in [0.4, 0.5) is 10.5 Å². The van der Waals surface area contributed by atoms with Crippen LogP contribution in [-0.4, -0.2) is 10.6 Å². The summed E-state index contributed by atoms with van der Waals surface area (Å²) in [5.41, 5.74) is 4.40. The van der Waals surface area contributed by atoms with Crippen LogP contribution < -0.4 is 10.6 Å². The average molecular weight is 368 g/mol. The second-order valence-corrected chi connectivity index (χ2v) is 7.63. The number of anilines is 1. The van der Waals surface area contributed by atoms with E-state index in [1.54, 1.807) is 11.3 Å². The van der Waals surface area contributed by atoms with Gasteiger partial charge in [0.15, 0.2) is 0 Å². The Morgan fingerprint density at radius 2 is 1.85 bits per heavy atom. The maximum absolute atomic E-state index is 12.6. The van der Waals surface area contributed by atoms with Gasteiger partial charge in [0.2, 0.25) is 0 Å². The summed E-state index contributed by atoms with van der Waals surface area (Å²) in [7, 11) is 0. The highest BCUT2D eigenvalue weighted by atomic mass is 32.1. The number of thiophene rings is 1. The third kappa shape index (κ3) is 3.68. The summed E-state index contributed by atoms with van der Waals surface area (Å²) in [5, 5.41) is 7.24. The van der Waals surface area contributed by atoms with Gasteiger partial charge in [-0.1, -0.05) is 25.1 Å². The first-order chi connectivity index (χ1) is 12.5. The topological polar surface area (TPSA) is 46.1 Å². The van der Waals surface area contributed by atoms with Crippen LogP contribution in [0.1, 0.15) is 41.5 Å². The van der Waals surface area contributed by atoms with E-state index in [0.29, 0.717) is 0 Å². The molecule has 2 N–H and O–H groups in total. The van der Waals surface area contributed by atoms with Gasteiger partial charge in [0.25, 0.3) is 0 Å². The third-order valence-electron chi connectivity index (χ3n) is 4.68. The van der Waals surface area contributed by atoms with Gasteiger partial charge < -0.3 is 15.2 Å². The molecule has 5 heteroatoms. The molecule has 0 radical (unpaired) electrons. The number of nitrogens with one attached hydrogen (secondary N) is 2. The molecular formula is C21H25N3OS. The molecule has 0 bridgehead atoms. The van der Waals surface area contributed by atoms with Gasteiger partial charge in [-0.15, -0.1) is 11.3 Å². The number of hydrogen-bond acceptors (Lipinski definition) is 2. The van der Waals surface area contributed by atoms with Crippen molar-refractivity contribution in [1.82, 2.24) is 9.88 Å². The number of para-hydroxylation sites is 1. The minimum absolute atomic E-state index is 0.0915. The summed E-state index contributed by atoms with van der Waals surface area (Å²) in [6.45, 7) is 8.37.